The summed E-state index contributed by atoms with van der Waals surface area (Å²) in [6.07, 6.45) is 1.01. The maximum Gasteiger partial charge on any atom is 0.0694 e. The number of nitrogens with zero attached hydrogens (tertiary/aromatic N) is 2. The number of aromatic nitrogens is 2. The molecule has 0 atom stereocenters. The molecule has 3 nitrogen and oxygen atoms in total. The Morgan fingerprint density at radius 1 is 1.33 bits per heavy atom. The molecule has 0 aliphatic carbocycles. The molecule has 0 fully saturated rings. The van der Waals surface area contributed by atoms with Crippen molar-refractivity contribution in [3.8, 4) is 5.69 Å². The van der Waals surface area contributed by atoms with E-state index in [1.54, 1.807) is 0 Å². The van der Waals surface area contributed by atoms with Crippen LogP contribution in [-0.2, 0) is 13.0 Å². The van der Waals surface area contributed by atoms with Gasteiger partial charge in [-0.3, -0.25) is 0 Å². The lowest BCUT2D eigenvalue weighted by Gasteiger charge is -2.10. The van der Waals surface area contributed by atoms with Crippen LogP contribution in [0.15, 0.2) is 22.7 Å². The van der Waals surface area contributed by atoms with Crippen molar-refractivity contribution in [1.29, 1.82) is 0 Å². The molecule has 0 unspecified atom stereocenters. The third-order valence-corrected chi connectivity index (χ3v) is 3.78. The molecule has 0 radical (unpaired) electrons. The monoisotopic (exact) mass is 307 g/mol. The third kappa shape index (κ3) is 2.22. The summed E-state index contributed by atoms with van der Waals surface area (Å²) in [7, 11) is 0. The molecule has 96 valence electrons. The molecule has 0 saturated heterocycles. The van der Waals surface area contributed by atoms with Crippen LogP contribution in [0.4, 0.5) is 0 Å². The van der Waals surface area contributed by atoms with E-state index in [0.29, 0.717) is 6.54 Å². The van der Waals surface area contributed by atoms with E-state index in [1.165, 1.54) is 11.3 Å². The highest BCUT2D eigenvalue weighted by Crippen LogP contribution is 2.23. The summed E-state index contributed by atoms with van der Waals surface area (Å²) in [5.41, 5.74) is 11.6. The zero-order valence-corrected chi connectivity index (χ0v) is 12.6. The molecule has 18 heavy (non-hydrogen) atoms. The van der Waals surface area contributed by atoms with Crippen LogP contribution in [0.2, 0.25) is 0 Å². The normalized spacial score (nSPS) is 10.9. The van der Waals surface area contributed by atoms with Crippen molar-refractivity contribution in [2.45, 2.75) is 33.7 Å². The minimum absolute atomic E-state index is 0.509. The fourth-order valence-corrected chi connectivity index (χ4v) is 2.75. The topological polar surface area (TPSA) is 43.8 Å². The molecule has 0 bridgehead atoms. The highest BCUT2D eigenvalue weighted by molar-refractivity contribution is 9.10. The molecular formula is C14H18BrN3. The third-order valence-electron chi connectivity index (χ3n) is 3.28. The van der Waals surface area contributed by atoms with E-state index < -0.39 is 0 Å². The maximum absolute atomic E-state index is 5.82. The first kappa shape index (κ1) is 13.3. The van der Waals surface area contributed by atoms with E-state index in [0.717, 1.165) is 27.8 Å². The molecule has 4 heteroatoms. The lowest BCUT2D eigenvalue weighted by Crippen LogP contribution is -2.07. The highest BCUT2D eigenvalue weighted by atomic mass is 79.9. The van der Waals surface area contributed by atoms with Gasteiger partial charge in [0, 0.05) is 16.7 Å². The first-order valence-corrected chi connectivity index (χ1v) is 6.91. The summed E-state index contributed by atoms with van der Waals surface area (Å²) >= 11 is 3.48. The van der Waals surface area contributed by atoms with E-state index in [2.05, 4.69) is 53.9 Å². The van der Waals surface area contributed by atoms with E-state index >= 15 is 0 Å². The van der Waals surface area contributed by atoms with Gasteiger partial charge in [0.2, 0.25) is 0 Å². The second-order valence-electron chi connectivity index (χ2n) is 4.39. The zero-order chi connectivity index (χ0) is 13.3. The lowest BCUT2D eigenvalue weighted by atomic mass is 10.1. The minimum Gasteiger partial charge on any atom is -0.326 e. The first-order valence-electron chi connectivity index (χ1n) is 6.12. The van der Waals surface area contributed by atoms with Crippen LogP contribution in [0.1, 0.15) is 29.4 Å². The van der Waals surface area contributed by atoms with Crippen LogP contribution in [0.5, 0.6) is 0 Å². The average molecular weight is 308 g/mol. The van der Waals surface area contributed by atoms with Crippen molar-refractivity contribution >= 4 is 15.9 Å². The zero-order valence-electron chi connectivity index (χ0n) is 11.0. The first-order chi connectivity index (χ1) is 8.58. The summed E-state index contributed by atoms with van der Waals surface area (Å²) in [5, 5.41) is 4.64. The van der Waals surface area contributed by atoms with Crippen molar-refractivity contribution in [1.82, 2.24) is 9.78 Å². The molecule has 0 aliphatic rings. The minimum atomic E-state index is 0.509. The van der Waals surface area contributed by atoms with Gasteiger partial charge in [0.05, 0.1) is 11.4 Å². The number of hydrogen-bond acceptors (Lipinski definition) is 2. The quantitative estimate of drug-likeness (QED) is 0.945. The van der Waals surface area contributed by atoms with Crippen LogP contribution in [0.25, 0.3) is 5.69 Å². The number of benzene rings is 1. The Morgan fingerprint density at radius 2 is 2.06 bits per heavy atom. The second-order valence-corrected chi connectivity index (χ2v) is 5.31. The predicted molar refractivity (Wildman–Crippen MR) is 78.0 cm³/mol. The van der Waals surface area contributed by atoms with E-state index in [-0.39, 0.29) is 0 Å². The van der Waals surface area contributed by atoms with Gasteiger partial charge in [-0.15, -0.1) is 0 Å². The van der Waals surface area contributed by atoms with Crippen molar-refractivity contribution in [2.24, 2.45) is 5.73 Å². The van der Waals surface area contributed by atoms with E-state index in [1.807, 2.05) is 10.7 Å². The number of nitrogens with two attached hydrogens (primary N) is 1. The van der Waals surface area contributed by atoms with Gasteiger partial charge in [-0.1, -0.05) is 22.9 Å². The summed E-state index contributed by atoms with van der Waals surface area (Å²) in [4.78, 5) is 0. The summed E-state index contributed by atoms with van der Waals surface area (Å²) in [5.74, 6) is 0. The maximum atomic E-state index is 5.82. The van der Waals surface area contributed by atoms with E-state index in [4.69, 9.17) is 5.73 Å². The number of rotatable bonds is 3. The fourth-order valence-electron chi connectivity index (χ4n) is 2.35. The smallest absolute Gasteiger partial charge is 0.0694 e. The van der Waals surface area contributed by atoms with Gasteiger partial charge in [0.15, 0.2) is 0 Å². The summed E-state index contributed by atoms with van der Waals surface area (Å²) in [6.45, 7) is 6.84. The Kier molecular flexibility index (Phi) is 3.88. The molecule has 0 aliphatic heterocycles. The largest absolute Gasteiger partial charge is 0.326 e. The Hall–Kier alpha value is -1.13. The van der Waals surface area contributed by atoms with Crippen LogP contribution < -0.4 is 5.73 Å². The number of aryl methyl sites for hydroxylation is 1. The summed E-state index contributed by atoms with van der Waals surface area (Å²) < 4.78 is 3.05. The molecule has 2 N–H and O–H groups in total. The van der Waals surface area contributed by atoms with Gasteiger partial charge < -0.3 is 5.73 Å². The molecule has 0 spiro atoms. The molecule has 1 heterocycles. The summed E-state index contributed by atoms with van der Waals surface area (Å²) in [6, 6.07) is 6.14. The molecule has 2 aromatic rings. The number of halogens is 1. The van der Waals surface area contributed by atoms with Crippen molar-refractivity contribution in [3.63, 3.8) is 0 Å². The van der Waals surface area contributed by atoms with Gasteiger partial charge in [-0.05, 0) is 49.6 Å². The Bertz CT molecular complexity index is 573. The fraction of sp³-hybridized carbons (Fsp3) is 0.357. The van der Waals surface area contributed by atoms with Crippen molar-refractivity contribution in [2.75, 3.05) is 0 Å². The Labute approximate surface area is 116 Å². The van der Waals surface area contributed by atoms with Gasteiger partial charge in [-0.2, -0.15) is 5.10 Å². The van der Waals surface area contributed by atoms with Crippen LogP contribution in [0.3, 0.4) is 0 Å². The van der Waals surface area contributed by atoms with E-state index in [9.17, 15) is 0 Å². The highest BCUT2D eigenvalue weighted by Gasteiger charge is 2.13. The van der Waals surface area contributed by atoms with Gasteiger partial charge in [-0.25, -0.2) is 4.68 Å². The molecule has 0 amide bonds. The molecule has 1 aromatic heterocycles. The van der Waals surface area contributed by atoms with Crippen LogP contribution in [0, 0.1) is 13.8 Å². The Balaban J connectivity index is 2.62. The van der Waals surface area contributed by atoms with Crippen molar-refractivity contribution in [3.05, 3.63) is 45.2 Å². The van der Waals surface area contributed by atoms with Gasteiger partial charge in [0.25, 0.3) is 0 Å². The average Bonchev–Trinajstić information content (AvgIpc) is 2.64. The van der Waals surface area contributed by atoms with Gasteiger partial charge in [0.1, 0.15) is 0 Å². The predicted octanol–water partition coefficient (Wildman–Crippen LogP) is 3.27. The number of hydrogen-bond donors (Lipinski definition) is 1. The Morgan fingerprint density at radius 3 is 2.61 bits per heavy atom. The molecule has 0 saturated carbocycles. The molecular weight excluding hydrogens is 290 g/mol. The van der Waals surface area contributed by atoms with Gasteiger partial charge >= 0.3 is 0 Å². The van der Waals surface area contributed by atoms with Crippen LogP contribution in [-0.4, -0.2) is 9.78 Å². The SMILES string of the molecule is CCc1c(C)nn(-c2ccc(Br)cc2CN)c1C. The van der Waals surface area contributed by atoms with Crippen LogP contribution >= 0.6 is 15.9 Å². The standard InChI is InChI=1S/C14H18BrN3/c1-4-13-9(2)17-18(10(13)3)14-6-5-12(15)7-11(14)8-16/h5-7H,4,8,16H2,1-3H3. The second kappa shape index (κ2) is 5.24. The lowest BCUT2D eigenvalue weighted by molar-refractivity contribution is 0.816. The van der Waals surface area contributed by atoms with Crippen molar-refractivity contribution < 1.29 is 0 Å². The molecule has 1 aromatic carbocycles. The molecule has 2 rings (SSSR count).